The molecule has 0 spiro atoms. The fraction of sp³-hybridized carbons (Fsp3) is 0.667. The minimum absolute atomic E-state index is 0.00264. The zero-order valence-corrected chi connectivity index (χ0v) is 11.9. The summed E-state index contributed by atoms with van der Waals surface area (Å²) in [5.74, 6) is -0.555. The van der Waals surface area contributed by atoms with E-state index in [1.54, 1.807) is 11.8 Å². The molecule has 6 nitrogen and oxygen atoms in total. The second-order valence-electron chi connectivity index (χ2n) is 4.63. The van der Waals surface area contributed by atoms with Crippen LogP contribution in [0, 0.1) is 6.92 Å². The van der Waals surface area contributed by atoms with Gasteiger partial charge in [-0.1, -0.05) is 17.3 Å². The van der Waals surface area contributed by atoms with E-state index in [2.05, 4.69) is 14.3 Å². The van der Waals surface area contributed by atoms with Crippen molar-refractivity contribution in [3.63, 3.8) is 0 Å². The summed E-state index contributed by atoms with van der Waals surface area (Å²) in [6.45, 7) is 1.75. The van der Waals surface area contributed by atoms with Gasteiger partial charge in [0.2, 0.25) is 0 Å². The molecular formula is C12H17N3O3S. The first kappa shape index (κ1) is 13.9. The van der Waals surface area contributed by atoms with Gasteiger partial charge in [-0.25, -0.2) is 0 Å². The van der Waals surface area contributed by atoms with Crippen molar-refractivity contribution in [1.82, 2.24) is 14.5 Å². The number of aromatic nitrogens is 2. The predicted molar refractivity (Wildman–Crippen MR) is 70.0 cm³/mol. The first-order valence-electron chi connectivity index (χ1n) is 6.30. The maximum absolute atomic E-state index is 12.5. The van der Waals surface area contributed by atoms with Crippen LogP contribution in [0.2, 0.25) is 0 Å². The maximum Gasteiger partial charge on any atom is 0.325 e. The van der Waals surface area contributed by atoms with Crippen LogP contribution in [0.15, 0.2) is 0 Å². The summed E-state index contributed by atoms with van der Waals surface area (Å²) in [4.78, 5) is 26.1. The fourth-order valence-corrected chi connectivity index (χ4v) is 2.96. The van der Waals surface area contributed by atoms with E-state index in [9.17, 15) is 9.59 Å². The van der Waals surface area contributed by atoms with Crippen LogP contribution in [0.5, 0.6) is 0 Å². The summed E-state index contributed by atoms with van der Waals surface area (Å²) in [6, 6.07) is 0.119. The van der Waals surface area contributed by atoms with E-state index in [4.69, 9.17) is 0 Å². The third-order valence-electron chi connectivity index (χ3n) is 3.40. The van der Waals surface area contributed by atoms with Gasteiger partial charge in [0.25, 0.3) is 5.91 Å². The second kappa shape index (κ2) is 6.10. The summed E-state index contributed by atoms with van der Waals surface area (Å²) >= 11 is 1.08. The number of amides is 1. The van der Waals surface area contributed by atoms with Crippen molar-refractivity contribution < 1.29 is 14.3 Å². The van der Waals surface area contributed by atoms with E-state index in [0.29, 0.717) is 10.6 Å². The molecule has 0 radical (unpaired) electrons. The Hall–Kier alpha value is -1.50. The Labute approximate surface area is 115 Å². The van der Waals surface area contributed by atoms with E-state index in [1.807, 2.05) is 0 Å². The molecule has 0 bridgehead atoms. The fourth-order valence-electron chi connectivity index (χ4n) is 2.34. The molecule has 0 aliphatic heterocycles. The van der Waals surface area contributed by atoms with Crippen molar-refractivity contribution in [1.29, 1.82) is 0 Å². The standard InChI is InChI=1S/C12H17N3O3S/c1-8-11(19-14-13-8)12(17)15(7-10(16)18-2)9-5-3-4-6-9/h9H,3-7H2,1-2H3. The van der Waals surface area contributed by atoms with Gasteiger partial charge in [0.15, 0.2) is 0 Å². The van der Waals surface area contributed by atoms with Gasteiger partial charge >= 0.3 is 5.97 Å². The number of rotatable bonds is 4. The van der Waals surface area contributed by atoms with Crippen LogP contribution in [0.3, 0.4) is 0 Å². The Kier molecular flexibility index (Phi) is 4.47. The largest absolute Gasteiger partial charge is 0.468 e. The molecule has 0 atom stereocenters. The zero-order valence-electron chi connectivity index (χ0n) is 11.1. The summed E-state index contributed by atoms with van der Waals surface area (Å²) in [5.41, 5.74) is 0.614. The number of carbonyl (C=O) groups excluding carboxylic acids is 2. The molecule has 104 valence electrons. The number of hydrogen-bond acceptors (Lipinski definition) is 6. The van der Waals surface area contributed by atoms with Crippen LogP contribution >= 0.6 is 11.5 Å². The molecule has 0 aromatic carbocycles. The van der Waals surface area contributed by atoms with Crippen molar-refractivity contribution in [2.24, 2.45) is 0 Å². The third kappa shape index (κ3) is 3.09. The number of ether oxygens (including phenoxy) is 1. The molecule has 1 aromatic rings. The monoisotopic (exact) mass is 283 g/mol. The molecule has 0 N–H and O–H groups in total. The lowest BCUT2D eigenvalue weighted by molar-refractivity contribution is -0.141. The summed E-state index contributed by atoms with van der Waals surface area (Å²) in [5, 5.41) is 3.85. The quantitative estimate of drug-likeness (QED) is 0.781. The first-order valence-corrected chi connectivity index (χ1v) is 7.07. The lowest BCUT2D eigenvalue weighted by Crippen LogP contribution is -2.42. The highest BCUT2D eigenvalue weighted by atomic mass is 32.1. The average molecular weight is 283 g/mol. The SMILES string of the molecule is COC(=O)CN(C(=O)c1snnc1C)C1CCCC1. The molecule has 1 aliphatic rings. The zero-order chi connectivity index (χ0) is 13.8. The van der Waals surface area contributed by atoms with Gasteiger partial charge in [-0.3, -0.25) is 9.59 Å². The third-order valence-corrected chi connectivity index (χ3v) is 4.22. The molecule has 19 heavy (non-hydrogen) atoms. The normalized spacial score (nSPS) is 15.5. The number of esters is 1. The minimum atomic E-state index is -0.393. The van der Waals surface area contributed by atoms with Crippen molar-refractivity contribution in [3.05, 3.63) is 10.6 Å². The van der Waals surface area contributed by atoms with Gasteiger partial charge < -0.3 is 9.64 Å². The minimum Gasteiger partial charge on any atom is -0.468 e. The number of aryl methyl sites for hydroxylation is 1. The summed E-state index contributed by atoms with van der Waals surface area (Å²) < 4.78 is 8.46. The Morgan fingerprint density at radius 1 is 1.42 bits per heavy atom. The molecule has 1 amide bonds. The van der Waals surface area contributed by atoms with Crippen molar-refractivity contribution in [2.75, 3.05) is 13.7 Å². The van der Waals surface area contributed by atoms with Gasteiger partial charge in [-0.15, -0.1) is 5.10 Å². The topological polar surface area (TPSA) is 72.4 Å². The number of methoxy groups -OCH3 is 1. The van der Waals surface area contributed by atoms with Gasteiger partial charge in [0, 0.05) is 6.04 Å². The van der Waals surface area contributed by atoms with Crippen LogP contribution in [0.1, 0.15) is 41.0 Å². The lowest BCUT2D eigenvalue weighted by Gasteiger charge is -2.27. The van der Waals surface area contributed by atoms with Crippen molar-refractivity contribution >= 4 is 23.4 Å². The molecule has 0 saturated heterocycles. The Morgan fingerprint density at radius 2 is 2.11 bits per heavy atom. The molecule has 0 unspecified atom stereocenters. The number of nitrogens with zero attached hydrogens (tertiary/aromatic N) is 3. The second-order valence-corrected chi connectivity index (χ2v) is 5.39. The van der Waals surface area contributed by atoms with E-state index in [0.717, 1.165) is 37.2 Å². The van der Waals surface area contributed by atoms with Crippen LogP contribution < -0.4 is 0 Å². The molecule has 1 aromatic heterocycles. The highest BCUT2D eigenvalue weighted by Crippen LogP contribution is 2.26. The lowest BCUT2D eigenvalue weighted by atomic mass is 10.2. The van der Waals surface area contributed by atoms with Crippen LogP contribution in [0.4, 0.5) is 0 Å². The maximum atomic E-state index is 12.5. The average Bonchev–Trinajstić information content (AvgIpc) is 3.05. The summed E-state index contributed by atoms with van der Waals surface area (Å²) in [6.07, 6.45) is 4.06. The number of hydrogen-bond donors (Lipinski definition) is 0. The van der Waals surface area contributed by atoms with Crippen molar-refractivity contribution in [3.8, 4) is 0 Å². The van der Waals surface area contributed by atoms with E-state index in [1.165, 1.54) is 7.11 Å². The first-order chi connectivity index (χ1) is 9.13. The van der Waals surface area contributed by atoms with E-state index in [-0.39, 0.29) is 18.5 Å². The Morgan fingerprint density at radius 3 is 2.63 bits per heavy atom. The predicted octanol–water partition coefficient (Wildman–Crippen LogP) is 1.40. The van der Waals surface area contributed by atoms with Gasteiger partial charge in [-0.05, 0) is 31.3 Å². The molecule has 7 heteroatoms. The highest BCUT2D eigenvalue weighted by Gasteiger charge is 2.31. The molecular weight excluding hydrogens is 266 g/mol. The van der Waals surface area contributed by atoms with Gasteiger partial charge in [0.05, 0.1) is 12.8 Å². The summed E-state index contributed by atoms with van der Waals surface area (Å²) in [7, 11) is 1.33. The van der Waals surface area contributed by atoms with Crippen LogP contribution in [-0.4, -0.2) is 46.1 Å². The van der Waals surface area contributed by atoms with Gasteiger partial charge in [0.1, 0.15) is 11.4 Å². The highest BCUT2D eigenvalue weighted by molar-refractivity contribution is 7.07. The smallest absolute Gasteiger partial charge is 0.325 e. The Balaban J connectivity index is 2.18. The van der Waals surface area contributed by atoms with E-state index >= 15 is 0 Å². The van der Waals surface area contributed by atoms with Crippen molar-refractivity contribution in [2.45, 2.75) is 38.6 Å². The molecule has 1 saturated carbocycles. The molecule has 2 rings (SSSR count). The molecule has 1 fully saturated rings. The van der Waals surface area contributed by atoms with E-state index < -0.39 is 5.97 Å². The van der Waals surface area contributed by atoms with Crippen LogP contribution in [-0.2, 0) is 9.53 Å². The number of carbonyl (C=O) groups is 2. The van der Waals surface area contributed by atoms with Crippen LogP contribution in [0.25, 0.3) is 0 Å². The molecule has 1 heterocycles. The molecule has 1 aliphatic carbocycles. The Bertz CT molecular complexity index is 469. The van der Waals surface area contributed by atoms with Gasteiger partial charge in [-0.2, -0.15) is 0 Å².